The number of rotatable bonds is 5. The molecular formula is C26H26F4N4O5. The van der Waals surface area contributed by atoms with Gasteiger partial charge in [-0.15, -0.1) is 0 Å². The molecule has 9 nitrogen and oxygen atoms in total. The van der Waals surface area contributed by atoms with Gasteiger partial charge in [-0.1, -0.05) is 0 Å². The first-order valence-electron chi connectivity index (χ1n) is 12.1. The van der Waals surface area contributed by atoms with Crippen molar-refractivity contribution in [3.05, 3.63) is 65.0 Å². The van der Waals surface area contributed by atoms with Crippen LogP contribution in [0.25, 0.3) is 0 Å². The van der Waals surface area contributed by atoms with Crippen molar-refractivity contribution in [3.8, 4) is 0 Å². The number of likely N-dealkylation sites (N-methyl/N-ethyl adjacent to an activating group) is 1. The molecule has 1 atom stereocenters. The second-order valence-electron chi connectivity index (χ2n) is 9.56. The van der Waals surface area contributed by atoms with E-state index in [1.54, 1.807) is 24.1 Å². The Hall–Kier alpha value is -4.16. The number of carbonyl (C=O) groups is 4. The van der Waals surface area contributed by atoms with Gasteiger partial charge in [0.15, 0.2) is 0 Å². The summed E-state index contributed by atoms with van der Waals surface area (Å²) in [4.78, 5) is 54.6. The number of amides is 3. The van der Waals surface area contributed by atoms with E-state index in [4.69, 9.17) is 0 Å². The number of hydrogen-bond acceptors (Lipinski definition) is 5. The van der Waals surface area contributed by atoms with Gasteiger partial charge in [-0.3, -0.25) is 14.4 Å². The molecule has 208 valence electrons. The maximum atomic E-state index is 14.0. The molecule has 2 aromatic rings. The van der Waals surface area contributed by atoms with Crippen LogP contribution >= 0.6 is 0 Å². The summed E-state index contributed by atoms with van der Waals surface area (Å²) in [7, 11) is 1.67. The number of alkyl halides is 3. The number of carbonyl (C=O) groups excluding carboxylic acids is 3. The van der Waals surface area contributed by atoms with E-state index in [1.165, 1.54) is 17.0 Å². The average Bonchev–Trinajstić information content (AvgIpc) is 3.07. The predicted molar refractivity (Wildman–Crippen MR) is 130 cm³/mol. The van der Waals surface area contributed by atoms with Crippen molar-refractivity contribution in [1.29, 1.82) is 0 Å². The summed E-state index contributed by atoms with van der Waals surface area (Å²) in [6.07, 6.45) is -4.60. The lowest BCUT2D eigenvalue weighted by Gasteiger charge is -2.44. The number of carboxylic acid groups (broad SMARTS) is 1. The number of anilines is 1. The molecule has 0 aliphatic carbocycles. The van der Waals surface area contributed by atoms with Crippen LogP contribution in [-0.4, -0.2) is 77.0 Å². The maximum absolute atomic E-state index is 14.0. The van der Waals surface area contributed by atoms with E-state index in [1.807, 2.05) is 11.8 Å². The van der Waals surface area contributed by atoms with Gasteiger partial charge < -0.3 is 25.1 Å². The zero-order chi connectivity index (χ0) is 28.7. The molecule has 2 heterocycles. The molecular weight excluding hydrogens is 524 g/mol. The monoisotopic (exact) mass is 550 g/mol. The Morgan fingerprint density at radius 1 is 1.08 bits per heavy atom. The van der Waals surface area contributed by atoms with Crippen LogP contribution in [0.5, 0.6) is 0 Å². The van der Waals surface area contributed by atoms with Crippen molar-refractivity contribution >= 4 is 29.4 Å². The minimum atomic E-state index is -4.77. The normalized spacial score (nSPS) is 19.0. The van der Waals surface area contributed by atoms with Crippen LogP contribution in [0.15, 0.2) is 42.5 Å². The third-order valence-electron chi connectivity index (χ3n) is 7.39. The van der Waals surface area contributed by atoms with Gasteiger partial charge in [-0.2, -0.15) is 13.2 Å². The van der Waals surface area contributed by atoms with Gasteiger partial charge in [0.1, 0.15) is 17.5 Å². The van der Waals surface area contributed by atoms with Crippen LogP contribution in [0.3, 0.4) is 0 Å². The van der Waals surface area contributed by atoms with Gasteiger partial charge in [-0.05, 0) is 62.2 Å². The van der Waals surface area contributed by atoms with Gasteiger partial charge >= 0.3 is 12.1 Å². The summed E-state index contributed by atoms with van der Waals surface area (Å²) in [6, 6.07) is 7.63. The van der Waals surface area contributed by atoms with E-state index >= 15 is 0 Å². The van der Waals surface area contributed by atoms with E-state index in [9.17, 15) is 41.8 Å². The van der Waals surface area contributed by atoms with Crippen molar-refractivity contribution in [2.75, 3.05) is 31.6 Å². The fraction of sp³-hybridized carbons (Fsp3) is 0.385. The Morgan fingerprint density at radius 2 is 1.69 bits per heavy atom. The molecule has 2 fully saturated rings. The zero-order valence-electron chi connectivity index (χ0n) is 21.1. The van der Waals surface area contributed by atoms with Crippen molar-refractivity contribution in [1.82, 2.24) is 15.1 Å². The second-order valence-corrected chi connectivity index (χ2v) is 9.56. The third-order valence-corrected chi connectivity index (χ3v) is 7.39. The van der Waals surface area contributed by atoms with Gasteiger partial charge in [0.25, 0.3) is 5.91 Å². The number of halogens is 4. The highest BCUT2D eigenvalue weighted by molar-refractivity contribution is 5.97. The number of nitrogens with zero attached hydrogens (tertiary/aromatic N) is 3. The highest BCUT2D eigenvalue weighted by Gasteiger charge is 2.56. The van der Waals surface area contributed by atoms with Gasteiger partial charge in [-0.25, -0.2) is 9.18 Å². The number of nitrogens with one attached hydrogen (secondary N) is 1. The first kappa shape index (κ1) is 27.9. The Labute approximate surface area is 221 Å². The second kappa shape index (κ2) is 10.2. The summed E-state index contributed by atoms with van der Waals surface area (Å²) >= 11 is 0. The first-order valence-corrected chi connectivity index (χ1v) is 12.1. The maximum Gasteiger partial charge on any atom is 0.416 e. The van der Waals surface area contributed by atoms with Crippen LogP contribution in [0, 0.1) is 5.82 Å². The molecule has 0 saturated carbocycles. The lowest BCUT2D eigenvalue weighted by molar-refractivity contribution is -0.137. The highest BCUT2D eigenvalue weighted by atomic mass is 19.4. The van der Waals surface area contributed by atoms with E-state index in [0.717, 1.165) is 0 Å². The number of benzene rings is 2. The van der Waals surface area contributed by atoms with Crippen LogP contribution in [0.2, 0.25) is 0 Å². The molecule has 2 N–H and O–H groups in total. The Balaban J connectivity index is 1.43. The van der Waals surface area contributed by atoms with Crippen molar-refractivity contribution in [2.45, 2.75) is 37.6 Å². The Kier molecular flexibility index (Phi) is 7.28. The molecule has 0 aromatic heterocycles. The zero-order valence-corrected chi connectivity index (χ0v) is 21.1. The SMILES string of the molecule is C[C@@H]1N(C)C(=O)C2(CCN(C(=O)CNC(=O)c3cc(C(F)(F)F)ccc3F)CC2)N1c1ccc(C(=O)O)cc1. The van der Waals surface area contributed by atoms with E-state index in [-0.39, 0.29) is 43.6 Å². The highest BCUT2D eigenvalue weighted by Crippen LogP contribution is 2.42. The Bertz CT molecular complexity index is 1310. The molecule has 4 rings (SSSR count). The fourth-order valence-corrected chi connectivity index (χ4v) is 5.18. The summed E-state index contributed by atoms with van der Waals surface area (Å²) in [5, 5.41) is 11.4. The van der Waals surface area contributed by atoms with Crippen molar-refractivity contribution < 1.29 is 41.8 Å². The third kappa shape index (κ3) is 5.12. The molecule has 13 heteroatoms. The first-order chi connectivity index (χ1) is 18.3. The quantitative estimate of drug-likeness (QED) is 0.554. The van der Waals surface area contributed by atoms with Crippen molar-refractivity contribution in [2.24, 2.45) is 0 Å². The lowest BCUT2D eigenvalue weighted by atomic mass is 9.85. The standard InChI is InChI=1S/C26H26F4N4O5/c1-15-32(2)24(39)25(34(15)18-6-3-16(4-7-18)23(37)38)9-11-33(12-10-25)21(35)14-31-22(36)19-13-17(26(28,29)30)5-8-20(19)27/h3-8,13,15H,9-12,14H2,1-2H3,(H,31,36)(H,37,38)/t15-/m1/s1. The van der Waals surface area contributed by atoms with E-state index in [2.05, 4.69) is 5.32 Å². The molecule has 2 aliphatic rings. The minimum Gasteiger partial charge on any atom is -0.478 e. The molecule has 3 amide bonds. The van der Waals surface area contributed by atoms with Crippen LogP contribution < -0.4 is 10.2 Å². The summed E-state index contributed by atoms with van der Waals surface area (Å²) < 4.78 is 52.8. The largest absolute Gasteiger partial charge is 0.478 e. The smallest absolute Gasteiger partial charge is 0.416 e. The Morgan fingerprint density at radius 3 is 2.26 bits per heavy atom. The van der Waals surface area contributed by atoms with Gasteiger partial charge in [0.2, 0.25) is 11.8 Å². The summed E-state index contributed by atoms with van der Waals surface area (Å²) in [6.45, 7) is 1.59. The molecule has 0 unspecified atom stereocenters. The van der Waals surface area contributed by atoms with Crippen molar-refractivity contribution in [3.63, 3.8) is 0 Å². The molecule has 2 saturated heterocycles. The number of hydrogen-bond donors (Lipinski definition) is 2. The summed E-state index contributed by atoms with van der Waals surface area (Å²) in [5.74, 6) is -4.05. The fourth-order valence-electron chi connectivity index (χ4n) is 5.18. The molecule has 39 heavy (non-hydrogen) atoms. The molecule has 0 bridgehead atoms. The predicted octanol–water partition coefficient (Wildman–Crippen LogP) is 2.96. The minimum absolute atomic E-state index is 0.104. The topological polar surface area (TPSA) is 110 Å². The average molecular weight is 551 g/mol. The number of likely N-dealkylation sites (tertiary alicyclic amines) is 1. The summed E-state index contributed by atoms with van der Waals surface area (Å²) in [5.41, 5.74) is -2.23. The van der Waals surface area contributed by atoms with Crippen LogP contribution in [0.4, 0.5) is 23.2 Å². The lowest BCUT2D eigenvalue weighted by Crippen LogP contribution is -2.58. The molecule has 0 radical (unpaired) electrons. The molecule has 1 spiro atoms. The van der Waals surface area contributed by atoms with Gasteiger partial charge in [0, 0.05) is 25.8 Å². The van der Waals surface area contributed by atoms with Crippen LogP contribution in [0.1, 0.15) is 46.0 Å². The van der Waals surface area contributed by atoms with Crippen LogP contribution in [-0.2, 0) is 15.8 Å². The van der Waals surface area contributed by atoms with Gasteiger partial charge in [0.05, 0.1) is 23.2 Å². The number of piperidine rings is 1. The number of carboxylic acids is 1. The van der Waals surface area contributed by atoms with E-state index < -0.39 is 53.0 Å². The van der Waals surface area contributed by atoms with E-state index in [0.29, 0.717) is 23.9 Å². The molecule has 2 aliphatic heterocycles. The number of aromatic carboxylic acids is 1. The molecule has 2 aromatic carbocycles.